The van der Waals surface area contributed by atoms with Gasteiger partial charge in [-0.2, -0.15) is 0 Å². The van der Waals surface area contributed by atoms with Crippen molar-refractivity contribution in [2.45, 2.75) is 43.6 Å². The second kappa shape index (κ2) is 9.79. The summed E-state index contributed by atoms with van der Waals surface area (Å²) in [5.74, 6) is -6.87. The molecule has 44 heavy (non-hydrogen) atoms. The number of nitrogens with one attached hydrogen (secondary N) is 1. The van der Waals surface area contributed by atoms with Crippen LogP contribution in [0.25, 0.3) is 16.9 Å². The van der Waals surface area contributed by atoms with Gasteiger partial charge in [0.05, 0.1) is 5.56 Å². The minimum absolute atomic E-state index is 0.000428. The molecule has 3 aliphatic carbocycles. The van der Waals surface area contributed by atoms with Crippen LogP contribution in [-0.2, 0) is 30.8 Å². The SMILES string of the molecule is Cc1noc(C)c1S(=O)(=O)Nc1ccc(-c2ccc(O)c3c2CC2CC4CC(=O)C(C(N)=O)=C(O)C4(O)C(=O)C2=C3O)cc1. The van der Waals surface area contributed by atoms with E-state index < -0.39 is 68.4 Å². The molecule has 1 amide bonds. The van der Waals surface area contributed by atoms with Gasteiger partial charge in [0.1, 0.15) is 28.5 Å². The predicted molar refractivity (Wildman–Crippen MR) is 154 cm³/mol. The maximum Gasteiger partial charge on any atom is 0.267 e. The molecule has 13 nitrogen and oxygen atoms in total. The Labute approximate surface area is 250 Å². The van der Waals surface area contributed by atoms with Crippen molar-refractivity contribution in [1.82, 2.24) is 5.16 Å². The molecule has 6 rings (SSSR count). The van der Waals surface area contributed by atoms with E-state index in [0.717, 1.165) is 0 Å². The highest BCUT2D eigenvalue weighted by Crippen LogP contribution is 2.53. The molecule has 0 spiro atoms. The number of phenols is 1. The van der Waals surface area contributed by atoms with Crippen LogP contribution in [0.15, 0.2) is 62.7 Å². The summed E-state index contributed by atoms with van der Waals surface area (Å²) in [5.41, 5.74) is 3.59. The minimum atomic E-state index is -3.99. The summed E-state index contributed by atoms with van der Waals surface area (Å²) in [5, 5.41) is 47.9. The Hall–Kier alpha value is -4.95. The Morgan fingerprint density at radius 3 is 2.36 bits per heavy atom. The summed E-state index contributed by atoms with van der Waals surface area (Å²) in [6.07, 6.45) is -0.293. The molecule has 1 fully saturated rings. The van der Waals surface area contributed by atoms with E-state index in [1.807, 2.05) is 0 Å². The zero-order valence-corrected chi connectivity index (χ0v) is 24.2. The lowest BCUT2D eigenvalue weighted by atomic mass is 9.59. The number of primary amides is 1. The average Bonchev–Trinajstić information content (AvgIpc) is 3.29. The number of phenolic OH excluding ortho intramolecular Hbond substituents is 1. The number of aromatic hydroxyl groups is 1. The van der Waals surface area contributed by atoms with Gasteiger partial charge in [-0.05, 0) is 67.5 Å². The smallest absolute Gasteiger partial charge is 0.267 e. The van der Waals surface area contributed by atoms with E-state index in [1.165, 1.54) is 32.0 Å². The van der Waals surface area contributed by atoms with E-state index in [4.69, 9.17) is 10.3 Å². The molecule has 0 bridgehead atoms. The molecule has 7 N–H and O–H groups in total. The summed E-state index contributed by atoms with van der Waals surface area (Å²) >= 11 is 0. The number of fused-ring (bicyclic) bond motifs is 3. The Morgan fingerprint density at radius 1 is 1.07 bits per heavy atom. The third-order valence-electron chi connectivity index (χ3n) is 8.63. The van der Waals surface area contributed by atoms with Crippen LogP contribution < -0.4 is 10.5 Å². The van der Waals surface area contributed by atoms with E-state index in [9.17, 15) is 43.2 Å². The fraction of sp³-hybridized carbons (Fsp3) is 0.267. The van der Waals surface area contributed by atoms with Crippen LogP contribution in [0.2, 0.25) is 0 Å². The lowest BCUT2D eigenvalue weighted by Crippen LogP contribution is -2.58. The molecule has 3 unspecified atom stereocenters. The number of nitrogens with zero attached hydrogens (tertiary/aromatic N) is 1. The second-order valence-electron chi connectivity index (χ2n) is 11.2. The minimum Gasteiger partial charge on any atom is -0.508 e. The first-order chi connectivity index (χ1) is 20.7. The van der Waals surface area contributed by atoms with Crippen molar-refractivity contribution in [2.75, 3.05) is 4.72 Å². The molecule has 3 atom stereocenters. The summed E-state index contributed by atoms with van der Waals surface area (Å²) in [6.45, 7) is 3.01. The van der Waals surface area contributed by atoms with Gasteiger partial charge in [-0.3, -0.25) is 19.1 Å². The Bertz CT molecular complexity index is 1950. The molecular weight excluding hydrogens is 594 g/mol. The highest BCUT2D eigenvalue weighted by molar-refractivity contribution is 7.92. The number of aliphatic hydroxyl groups is 3. The zero-order valence-electron chi connectivity index (χ0n) is 23.4. The second-order valence-corrected chi connectivity index (χ2v) is 12.8. The lowest BCUT2D eigenvalue weighted by Gasteiger charge is -2.46. The first-order valence-electron chi connectivity index (χ1n) is 13.5. The van der Waals surface area contributed by atoms with Gasteiger partial charge in [-0.15, -0.1) is 0 Å². The van der Waals surface area contributed by atoms with Crippen LogP contribution in [0.1, 0.15) is 35.4 Å². The highest BCUT2D eigenvalue weighted by atomic mass is 32.2. The van der Waals surface area contributed by atoms with E-state index in [0.29, 0.717) is 16.7 Å². The number of anilines is 1. The molecule has 228 valence electrons. The Balaban J connectivity index is 1.39. The number of amides is 1. The molecule has 1 saturated carbocycles. The molecular formula is C30H27N3O10S. The van der Waals surface area contributed by atoms with Crippen molar-refractivity contribution in [3.8, 4) is 16.9 Å². The van der Waals surface area contributed by atoms with Gasteiger partial charge >= 0.3 is 0 Å². The fourth-order valence-electron chi connectivity index (χ4n) is 6.67. The van der Waals surface area contributed by atoms with Gasteiger partial charge in [0.15, 0.2) is 22.0 Å². The number of benzene rings is 2. The number of carbonyl (C=O) groups is 3. The van der Waals surface area contributed by atoms with Crippen LogP contribution in [0.4, 0.5) is 5.69 Å². The molecule has 0 radical (unpaired) electrons. The van der Waals surface area contributed by atoms with Crippen molar-refractivity contribution in [3.05, 3.63) is 75.9 Å². The number of aryl methyl sites for hydroxylation is 2. The van der Waals surface area contributed by atoms with Crippen molar-refractivity contribution in [3.63, 3.8) is 0 Å². The number of hydrogen-bond donors (Lipinski definition) is 6. The van der Waals surface area contributed by atoms with Crippen LogP contribution in [0, 0.1) is 25.7 Å². The third kappa shape index (κ3) is 4.12. The number of aromatic nitrogens is 1. The number of Topliss-reactive ketones (excluding diaryl/α,β-unsaturated/α-hetero) is 2. The third-order valence-corrected chi connectivity index (χ3v) is 10.3. The molecule has 0 saturated heterocycles. The van der Waals surface area contributed by atoms with E-state index in [-0.39, 0.29) is 51.8 Å². The fourth-order valence-corrected chi connectivity index (χ4v) is 8.06. The lowest BCUT2D eigenvalue weighted by molar-refractivity contribution is -0.147. The topological polar surface area (TPSA) is 230 Å². The number of aliphatic hydroxyl groups excluding tert-OH is 2. The molecule has 2 aromatic carbocycles. The molecule has 0 aliphatic heterocycles. The zero-order chi connectivity index (χ0) is 31.9. The average molecular weight is 622 g/mol. The maximum absolute atomic E-state index is 13.7. The number of sulfonamides is 1. The van der Waals surface area contributed by atoms with Crippen LogP contribution >= 0.6 is 0 Å². The summed E-state index contributed by atoms with van der Waals surface area (Å²) < 4.78 is 33.3. The van der Waals surface area contributed by atoms with Crippen LogP contribution in [-0.4, -0.2) is 57.1 Å². The summed E-state index contributed by atoms with van der Waals surface area (Å²) in [6, 6.07) is 9.31. The first-order valence-corrected chi connectivity index (χ1v) is 15.0. The molecule has 3 aliphatic rings. The largest absolute Gasteiger partial charge is 0.508 e. The van der Waals surface area contributed by atoms with E-state index in [2.05, 4.69) is 9.88 Å². The predicted octanol–water partition coefficient (Wildman–Crippen LogP) is 2.50. The molecule has 3 aromatic rings. The van der Waals surface area contributed by atoms with Crippen molar-refractivity contribution < 1.29 is 47.8 Å². The first kappa shape index (κ1) is 29.1. The summed E-state index contributed by atoms with van der Waals surface area (Å²) in [4.78, 5) is 38.0. The van der Waals surface area contributed by atoms with Gasteiger partial charge < -0.3 is 30.7 Å². The number of rotatable bonds is 5. The Kier molecular flexibility index (Phi) is 6.48. The highest BCUT2D eigenvalue weighted by Gasteiger charge is 2.60. The normalized spacial score (nSPS) is 23.2. The summed E-state index contributed by atoms with van der Waals surface area (Å²) in [7, 11) is -3.99. The monoisotopic (exact) mass is 621 g/mol. The van der Waals surface area contributed by atoms with Crippen LogP contribution in [0.5, 0.6) is 5.75 Å². The van der Waals surface area contributed by atoms with E-state index >= 15 is 0 Å². The van der Waals surface area contributed by atoms with Gasteiger partial charge in [0.2, 0.25) is 5.78 Å². The van der Waals surface area contributed by atoms with Crippen molar-refractivity contribution >= 4 is 38.9 Å². The van der Waals surface area contributed by atoms with E-state index in [1.54, 1.807) is 18.2 Å². The number of nitrogens with two attached hydrogens (primary N) is 1. The number of ketones is 2. The molecule has 1 heterocycles. The van der Waals surface area contributed by atoms with Gasteiger partial charge in [0.25, 0.3) is 15.9 Å². The standard InChI is InChI=1S/C30H27N3O10S/c1-12-26(13(2)43-32-12)44(41,42)33-17-5-3-14(4-6-17)18-7-8-20(34)23-19(18)10-15-9-16-11-21(35)24(29(31)39)28(38)30(16,40)27(37)22(15)25(23)36/h3-8,15-16,33-34,36,38,40H,9-11H2,1-2H3,(H2,31,39). The molecule has 1 aromatic heterocycles. The van der Waals surface area contributed by atoms with Gasteiger partial charge in [-0.25, -0.2) is 8.42 Å². The van der Waals surface area contributed by atoms with Crippen LogP contribution in [0.3, 0.4) is 0 Å². The van der Waals surface area contributed by atoms with Crippen molar-refractivity contribution in [1.29, 1.82) is 0 Å². The number of carbonyl (C=O) groups excluding carboxylic acids is 3. The molecule has 14 heteroatoms. The van der Waals surface area contributed by atoms with Gasteiger partial charge in [0, 0.05) is 23.6 Å². The van der Waals surface area contributed by atoms with Crippen molar-refractivity contribution in [2.24, 2.45) is 17.6 Å². The maximum atomic E-state index is 13.7. The number of hydrogen-bond acceptors (Lipinski definition) is 11. The van der Waals surface area contributed by atoms with Gasteiger partial charge in [-0.1, -0.05) is 23.4 Å². The quantitative estimate of drug-likeness (QED) is 0.227. The Morgan fingerprint density at radius 2 is 1.75 bits per heavy atom.